The highest BCUT2D eigenvalue weighted by molar-refractivity contribution is 5.98. The Morgan fingerprint density at radius 2 is 1.70 bits per heavy atom. The molecular weight excluding hydrogens is 648 g/mol. The number of pyridine rings is 1. The van der Waals surface area contributed by atoms with Crippen molar-refractivity contribution in [3.63, 3.8) is 0 Å². The number of carbonyl (C=O) groups is 5. The molecule has 4 rings (SSSR count). The number of nitrogens with zero attached hydrogens (tertiary/aromatic N) is 1. The highest BCUT2D eigenvalue weighted by Gasteiger charge is 2.42. The van der Waals surface area contributed by atoms with Crippen molar-refractivity contribution in [3.8, 4) is 11.5 Å². The van der Waals surface area contributed by atoms with Gasteiger partial charge in [-0.3, -0.25) is 14.4 Å². The largest absolute Gasteiger partial charge is 0.514 e. The molecule has 1 aromatic carbocycles. The van der Waals surface area contributed by atoms with Gasteiger partial charge >= 0.3 is 24.1 Å². The molecule has 2 heterocycles. The molecule has 7 atom stereocenters. The second kappa shape index (κ2) is 17.3. The third-order valence-electron chi connectivity index (χ3n) is 9.17. The first-order chi connectivity index (χ1) is 23.8. The van der Waals surface area contributed by atoms with E-state index in [9.17, 15) is 24.0 Å². The lowest BCUT2D eigenvalue weighted by molar-refractivity contribution is -0.176. The average molecular weight is 697 g/mol. The molecule has 1 amide bonds. The number of methoxy groups -OCH3 is 1. The van der Waals surface area contributed by atoms with Crippen molar-refractivity contribution >= 4 is 30.0 Å². The Morgan fingerprint density at radius 1 is 0.980 bits per heavy atom. The molecule has 2 aliphatic rings. The third kappa shape index (κ3) is 9.72. The number of nitrogens with one attached hydrogen (secondary N) is 1. The molecular formula is C37H48N2O11. The first-order valence-corrected chi connectivity index (χ1v) is 17.1. The Balaban J connectivity index is 1.55. The van der Waals surface area contributed by atoms with E-state index in [2.05, 4.69) is 31.1 Å². The van der Waals surface area contributed by atoms with Crippen LogP contribution in [0.5, 0.6) is 11.5 Å². The molecule has 1 saturated carbocycles. The number of cyclic esters (lactones) is 2. The summed E-state index contributed by atoms with van der Waals surface area (Å²) >= 11 is 0. The van der Waals surface area contributed by atoms with Crippen LogP contribution in [0, 0.1) is 29.6 Å². The number of hydrogen-bond acceptors (Lipinski definition) is 12. The molecule has 1 aromatic heterocycles. The van der Waals surface area contributed by atoms with Gasteiger partial charge in [-0.15, -0.1) is 0 Å². The average Bonchev–Trinajstić information content (AvgIpc) is 3.10. The minimum atomic E-state index is -1.49. The van der Waals surface area contributed by atoms with Crippen LogP contribution >= 0.6 is 0 Å². The molecule has 0 radical (unpaired) electrons. The smallest absolute Gasteiger partial charge is 0.493 e. The van der Waals surface area contributed by atoms with Crippen LogP contribution in [0.3, 0.4) is 0 Å². The van der Waals surface area contributed by atoms with Crippen molar-refractivity contribution < 1.29 is 52.4 Å². The molecule has 1 aliphatic heterocycles. The van der Waals surface area contributed by atoms with Gasteiger partial charge in [0.05, 0.1) is 13.0 Å². The fourth-order valence-electron chi connectivity index (χ4n) is 6.31. The van der Waals surface area contributed by atoms with Crippen molar-refractivity contribution in [1.82, 2.24) is 10.3 Å². The second-order valence-corrected chi connectivity index (χ2v) is 13.7. The molecule has 3 unspecified atom stereocenters. The van der Waals surface area contributed by atoms with Crippen LogP contribution in [0.25, 0.3) is 0 Å². The molecule has 272 valence electrons. The highest BCUT2D eigenvalue weighted by Crippen LogP contribution is 2.36. The number of hydrogen-bond donors (Lipinski definition) is 1. The quantitative estimate of drug-likeness (QED) is 0.259. The van der Waals surface area contributed by atoms with E-state index in [4.69, 9.17) is 28.4 Å². The van der Waals surface area contributed by atoms with E-state index in [-0.39, 0.29) is 41.6 Å². The predicted octanol–water partition coefficient (Wildman–Crippen LogP) is 5.08. The van der Waals surface area contributed by atoms with Gasteiger partial charge in [-0.1, -0.05) is 71.4 Å². The molecule has 13 heteroatoms. The number of benzene rings is 1. The summed E-state index contributed by atoms with van der Waals surface area (Å²) in [7, 11) is 1.33. The number of esters is 3. The lowest BCUT2D eigenvalue weighted by atomic mass is 9.75. The number of carbonyl (C=O) groups excluding carboxylic acids is 5. The fourth-order valence-corrected chi connectivity index (χ4v) is 6.31. The van der Waals surface area contributed by atoms with E-state index in [1.807, 2.05) is 30.3 Å². The van der Waals surface area contributed by atoms with Crippen LogP contribution in [-0.2, 0) is 39.8 Å². The molecule has 2 aromatic rings. The van der Waals surface area contributed by atoms with Crippen LogP contribution in [0.4, 0.5) is 4.79 Å². The van der Waals surface area contributed by atoms with Crippen LogP contribution in [0.2, 0.25) is 0 Å². The second-order valence-electron chi connectivity index (χ2n) is 13.7. The summed E-state index contributed by atoms with van der Waals surface area (Å²) in [6, 6.07) is 8.99. The number of rotatable bonds is 10. The van der Waals surface area contributed by atoms with Crippen molar-refractivity contribution in [1.29, 1.82) is 0 Å². The Kier molecular flexibility index (Phi) is 13.2. The fraction of sp³-hybridized carbons (Fsp3) is 0.568. The van der Waals surface area contributed by atoms with E-state index >= 15 is 0 Å². The summed E-state index contributed by atoms with van der Waals surface area (Å²) in [5.41, 5.74) is 0.395. The lowest BCUT2D eigenvalue weighted by Crippen LogP contribution is -2.47. The van der Waals surface area contributed by atoms with Crippen LogP contribution < -0.4 is 14.8 Å². The maximum atomic E-state index is 13.7. The van der Waals surface area contributed by atoms with E-state index in [0.717, 1.165) is 18.4 Å². The molecule has 1 saturated heterocycles. The van der Waals surface area contributed by atoms with E-state index in [1.165, 1.54) is 26.3 Å². The maximum Gasteiger partial charge on any atom is 0.514 e. The Morgan fingerprint density at radius 3 is 2.36 bits per heavy atom. The summed E-state index contributed by atoms with van der Waals surface area (Å²) in [5, 5.41) is 2.49. The standard InChI is InChI=1S/C37H48N2O11/c1-20(2)25-14-13-22(5)17-29(25)48-37(44)50-32-28(45-7)15-16-38-30(32)33(40)39-27-19-46-35(42)26(18-24-11-9-8-10-12-24)31(23(6)47-36(27)43)49-34(41)21(3)4/h8-12,15-16,20-23,25-27,29,31H,13-14,17-19H2,1-7H3,(H,39,40)/t22-,23+,25+,26-,27?,29?,31?/m1/s1. The van der Waals surface area contributed by atoms with Crippen LogP contribution in [0.15, 0.2) is 42.6 Å². The monoisotopic (exact) mass is 696 g/mol. The van der Waals surface area contributed by atoms with E-state index in [1.54, 1.807) is 13.8 Å². The van der Waals surface area contributed by atoms with Gasteiger partial charge in [-0.25, -0.2) is 14.6 Å². The first kappa shape index (κ1) is 38.1. The number of ether oxygens (including phenoxy) is 6. The Labute approximate surface area is 292 Å². The predicted molar refractivity (Wildman–Crippen MR) is 179 cm³/mol. The molecule has 2 fully saturated rings. The van der Waals surface area contributed by atoms with Gasteiger partial charge in [0.15, 0.2) is 23.6 Å². The number of aromatic nitrogens is 1. The van der Waals surface area contributed by atoms with Crippen LogP contribution in [0.1, 0.15) is 76.9 Å². The van der Waals surface area contributed by atoms with Crippen molar-refractivity contribution in [2.75, 3.05) is 13.7 Å². The molecule has 13 nitrogen and oxygen atoms in total. The van der Waals surface area contributed by atoms with Gasteiger partial charge in [0.2, 0.25) is 5.75 Å². The molecule has 1 aliphatic carbocycles. The van der Waals surface area contributed by atoms with Crippen molar-refractivity contribution in [2.24, 2.45) is 29.6 Å². The Bertz CT molecular complexity index is 1510. The summed E-state index contributed by atoms with van der Waals surface area (Å²) in [6.07, 6.45) is 0.376. The van der Waals surface area contributed by atoms with Gasteiger partial charge in [0.25, 0.3) is 5.91 Å². The summed E-state index contributed by atoms with van der Waals surface area (Å²) in [6.45, 7) is 10.5. The van der Waals surface area contributed by atoms with E-state index < -0.39 is 66.7 Å². The van der Waals surface area contributed by atoms with Crippen molar-refractivity contribution in [2.45, 2.75) is 91.6 Å². The highest BCUT2D eigenvalue weighted by atomic mass is 16.7. The molecule has 0 spiro atoms. The van der Waals surface area contributed by atoms with Crippen molar-refractivity contribution in [3.05, 3.63) is 53.9 Å². The zero-order chi connectivity index (χ0) is 36.5. The van der Waals surface area contributed by atoms with Gasteiger partial charge in [-0.05, 0) is 49.5 Å². The normalized spacial score (nSPS) is 25.7. The SMILES string of the molecule is COc1ccnc(C(=O)NC2COC(=O)[C@H](Cc3ccccc3)C(OC(=O)C(C)C)[C@H](C)OC2=O)c1OC(=O)OC1C[C@H](C)CC[C@H]1C(C)C. The molecule has 0 bridgehead atoms. The minimum Gasteiger partial charge on any atom is -0.493 e. The minimum absolute atomic E-state index is 0.0233. The summed E-state index contributed by atoms with van der Waals surface area (Å²) in [5.74, 6) is -4.24. The van der Waals surface area contributed by atoms with Gasteiger partial charge in [0, 0.05) is 12.3 Å². The van der Waals surface area contributed by atoms with Gasteiger partial charge in [-0.2, -0.15) is 0 Å². The zero-order valence-electron chi connectivity index (χ0n) is 29.7. The van der Waals surface area contributed by atoms with Gasteiger partial charge < -0.3 is 33.7 Å². The Hall–Kier alpha value is -4.68. The first-order valence-electron chi connectivity index (χ1n) is 17.1. The number of amides is 1. The van der Waals surface area contributed by atoms with Gasteiger partial charge in [0.1, 0.15) is 24.7 Å². The lowest BCUT2D eigenvalue weighted by Gasteiger charge is -2.36. The zero-order valence-corrected chi connectivity index (χ0v) is 29.7. The van der Waals surface area contributed by atoms with E-state index in [0.29, 0.717) is 12.3 Å². The molecule has 1 N–H and O–H groups in total. The summed E-state index contributed by atoms with van der Waals surface area (Å²) in [4.78, 5) is 70.6. The summed E-state index contributed by atoms with van der Waals surface area (Å²) < 4.78 is 33.6. The maximum absolute atomic E-state index is 13.7. The van der Waals surface area contributed by atoms with Crippen LogP contribution in [-0.4, -0.2) is 73.0 Å². The third-order valence-corrected chi connectivity index (χ3v) is 9.17. The molecule has 50 heavy (non-hydrogen) atoms. The topological polar surface area (TPSA) is 166 Å².